The van der Waals surface area contributed by atoms with Crippen molar-refractivity contribution >= 4 is 11.8 Å². The van der Waals surface area contributed by atoms with Gasteiger partial charge in [-0.3, -0.25) is 9.59 Å². The van der Waals surface area contributed by atoms with Gasteiger partial charge in [0.15, 0.2) is 5.76 Å². The van der Waals surface area contributed by atoms with E-state index in [1.807, 2.05) is 0 Å². The molecule has 148 valence electrons. The minimum atomic E-state index is -0.561. The molecule has 0 bridgehead atoms. The van der Waals surface area contributed by atoms with Crippen LogP contribution in [0.1, 0.15) is 54.6 Å². The van der Waals surface area contributed by atoms with Crippen LogP contribution in [0.2, 0.25) is 0 Å². The van der Waals surface area contributed by atoms with E-state index in [1.165, 1.54) is 18.4 Å². The van der Waals surface area contributed by atoms with E-state index >= 15 is 0 Å². The molecule has 28 heavy (non-hydrogen) atoms. The Balaban J connectivity index is 1.39. The van der Waals surface area contributed by atoms with Crippen molar-refractivity contribution in [3.63, 3.8) is 0 Å². The van der Waals surface area contributed by atoms with Crippen LogP contribution in [-0.2, 0) is 10.2 Å². The number of halogens is 1. The zero-order valence-electron chi connectivity index (χ0n) is 15.8. The largest absolute Gasteiger partial charge is 0.459 e. The second-order valence-electron chi connectivity index (χ2n) is 7.81. The molecule has 0 radical (unpaired) electrons. The summed E-state index contributed by atoms with van der Waals surface area (Å²) in [5.74, 6) is -0.00428. The van der Waals surface area contributed by atoms with Crippen LogP contribution in [0.15, 0.2) is 47.1 Å². The second-order valence-corrected chi connectivity index (χ2v) is 7.81. The number of nitrogens with one attached hydrogen (secondary N) is 1. The average Bonchev–Trinajstić information content (AvgIpc) is 3.41. The maximum absolute atomic E-state index is 13.3. The van der Waals surface area contributed by atoms with Crippen LogP contribution in [0, 0.1) is 5.82 Å². The number of hydrogen-bond acceptors (Lipinski definition) is 3. The Morgan fingerprint density at radius 1 is 1.07 bits per heavy atom. The SMILES string of the molecule is O=C(c1ccco1)N1CCC(NC(=O)C2(c3ccc(F)cc3)CCCC2)CC1. The number of nitrogens with zero attached hydrogens (tertiary/aromatic N) is 1. The van der Waals surface area contributed by atoms with Crippen molar-refractivity contribution in [2.45, 2.75) is 50.0 Å². The lowest BCUT2D eigenvalue weighted by molar-refractivity contribution is -0.127. The van der Waals surface area contributed by atoms with E-state index in [-0.39, 0.29) is 23.7 Å². The van der Waals surface area contributed by atoms with Crippen molar-refractivity contribution < 1.29 is 18.4 Å². The van der Waals surface area contributed by atoms with E-state index in [0.29, 0.717) is 18.8 Å². The van der Waals surface area contributed by atoms with Gasteiger partial charge in [0.1, 0.15) is 5.82 Å². The number of likely N-dealkylation sites (tertiary alicyclic amines) is 1. The van der Waals surface area contributed by atoms with Crippen molar-refractivity contribution in [3.05, 3.63) is 59.8 Å². The third-order valence-corrected chi connectivity index (χ3v) is 6.14. The molecular formula is C22H25FN2O3. The van der Waals surface area contributed by atoms with Crippen molar-refractivity contribution in [2.24, 2.45) is 0 Å². The third-order valence-electron chi connectivity index (χ3n) is 6.14. The van der Waals surface area contributed by atoms with E-state index in [0.717, 1.165) is 44.1 Å². The maximum Gasteiger partial charge on any atom is 0.289 e. The summed E-state index contributed by atoms with van der Waals surface area (Å²) >= 11 is 0. The number of carbonyl (C=O) groups excluding carboxylic acids is 2. The quantitative estimate of drug-likeness (QED) is 0.875. The Morgan fingerprint density at radius 3 is 2.36 bits per heavy atom. The Bertz CT molecular complexity index is 818. The summed E-state index contributed by atoms with van der Waals surface area (Å²) in [7, 11) is 0. The van der Waals surface area contributed by atoms with E-state index in [4.69, 9.17) is 4.42 Å². The van der Waals surface area contributed by atoms with Gasteiger partial charge in [0.25, 0.3) is 5.91 Å². The summed E-state index contributed by atoms with van der Waals surface area (Å²) in [6, 6.07) is 9.77. The first-order chi connectivity index (χ1) is 13.6. The standard InChI is InChI=1S/C22H25FN2O3/c23-17-7-5-16(6-8-17)22(11-1-2-12-22)21(27)24-18-9-13-25(14-10-18)20(26)19-4-3-15-28-19/h3-8,15,18H,1-2,9-14H2,(H,24,27). The highest BCUT2D eigenvalue weighted by Gasteiger charge is 2.43. The minimum Gasteiger partial charge on any atom is -0.459 e. The van der Waals surface area contributed by atoms with Crippen molar-refractivity contribution in [2.75, 3.05) is 13.1 Å². The summed E-state index contributed by atoms with van der Waals surface area (Å²) < 4.78 is 18.5. The summed E-state index contributed by atoms with van der Waals surface area (Å²) in [5, 5.41) is 3.21. The van der Waals surface area contributed by atoms with Crippen LogP contribution in [0.5, 0.6) is 0 Å². The zero-order chi connectivity index (χ0) is 19.6. The van der Waals surface area contributed by atoms with Gasteiger partial charge in [0.2, 0.25) is 5.91 Å². The number of benzene rings is 1. The van der Waals surface area contributed by atoms with Crippen molar-refractivity contribution in [3.8, 4) is 0 Å². The number of hydrogen-bond donors (Lipinski definition) is 1. The third kappa shape index (κ3) is 3.55. The molecule has 2 fully saturated rings. The van der Waals surface area contributed by atoms with Gasteiger partial charge in [-0.25, -0.2) is 4.39 Å². The number of carbonyl (C=O) groups is 2. The van der Waals surface area contributed by atoms with Crippen LogP contribution in [0.25, 0.3) is 0 Å². The summed E-state index contributed by atoms with van der Waals surface area (Å²) in [4.78, 5) is 27.4. The number of rotatable bonds is 4. The molecule has 5 nitrogen and oxygen atoms in total. The van der Waals surface area contributed by atoms with Gasteiger partial charge in [-0.1, -0.05) is 25.0 Å². The molecule has 1 N–H and O–H groups in total. The molecule has 0 unspecified atom stereocenters. The smallest absolute Gasteiger partial charge is 0.289 e. The predicted molar refractivity (Wildman–Crippen MR) is 102 cm³/mol. The first-order valence-corrected chi connectivity index (χ1v) is 9.98. The van der Waals surface area contributed by atoms with Gasteiger partial charge in [0.05, 0.1) is 11.7 Å². The van der Waals surface area contributed by atoms with Gasteiger partial charge < -0.3 is 14.6 Å². The Hall–Kier alpha value is -2.63. The Morgan fingerprint density at radius 2 is 1.75 bits per heavy atom. The summed E-state index contributed by atoms with van der Waals surface area (Å²) in [6.45, 7) is 1.18. The molecule has 1 aliphatic carbocycles. The van der Waals surface area contributed by atoms with E-state index in [1.54, 1.807) is 29.2 Å². The lowest BCUT2D eigenvalue weighted by atomic mass is 9.77. The lowest BCUT2D eigenvalue weighted by Crippen LogP contribution is -2.51. The first kappa shape index (κ1) is 18.7. The fourth-order valence-electron chi connectivity index (χ4n) is 4.50. The highest BCUT2D eigenvalue weighted by atomic mass is 19.1. The van der Waals surface area contributed by atoms with Crippen LogP contribution < -0.4 is 5.32 Å². The zero-order valence-corrected chi connectivity index (χ0v) is 15.8. The molecule has 1 aromatic heterocycles. The van der Waals surface area contributed by atoms with Crippen molar-refractivity contribution in [1.29, 1.82) is 0 Å². The molecule has 0 atom stereocenters. The molecule has 6 heteroatoms. The molecule has 2 heterocycles. The van der Waals surface area contributed by atoms with E-state index < -0.39 is 5.41 Å². The monoisotopic (exact) mass is 384 g/mol. The van der Waals surface area contributed by atoms with Crippen LogP contribution in [0.4, 0.5) is 4.39 Å². The number of piperidine rings is 1. The predicted octanol–water partition coefficient (Wildman–Crippen LogP) is 3.65. The molecule has 1 aromatic carbocycles. The highest BCUT2D eigenvalue weighted by molar-refractivity contribution is 5.91. The van der Waals surface area contributed by atoms with E-state index in [9.17, 15) is 14.0 Å². The van der Waals surface area contributed by atoms with Crippen LogP contribution in [-0.4, -0.2) is 35.8 Å². The second kappa shape index (κ2) is 7.78. The van der Waals surface area contributed by atoms with E-state index in [2.05, 4.69) is 5.32 Å². The molecular weight excluding hydrogens is 359 g/mol. The Labute approximate surface area is 163 Å². The molecule has 0 spiro atoms. The topological polar surface area (TPSA) is 62.6 Å². The fraction of sp³-hybridized carbons (Fsp3) is 0.455. The lowest BCUT2D eigenvalue weighted by Gasteiger charge is -2.35. The molecule has 2 amide bonds. The highest BCUT2D eigenvalue weighted by Crippen LogP contribution is 2.41. The van der Waals surface area contributed by atoms with Gasteiger partial charge in [-0.2, -0.15) is 0 Å². The molecule has 2 aromatic rings. The van der Waals surface area contributed by atoms with Gasteiger partial charge >= 0.3 is 0 Å². The maximum atomic E-state index is 13.3. The molecule has 1 saturated carbocycles. The number of amides is 2. The van der Waals surface area contributed by atoms with Crippen LogP contribution in [0.3, 0.4) is 0 Å². The molecule has 2 aliphatic rings. The molecule has 1 saturated heterocycles. The summed E-state index contributed by atoms with van der Waals surface area (Å²) in [6.07, 6.45) is 6.52. The minimum absolute atomic E-state index is 0.0346. The molecule has 1 aliphatic heterocycles. The Kier molecular flexibility index (Phi) is 5.20. The average molecular weight is 384 g/mol. The normalized spacial score (nSPS) is 19.5. The van der Waals surface area contributed by atoms with Gasteiger partial charge in [-0.05, 0) is 55.5 Å². The van der Waals surface area contributed by atoms with Crippen molar-refractivity contribution in [1.82, 2.24) is 10.2 Å². The van der Waals surface area contributed by atoms with Gasteiger partial charge in [-0.15, -0.1) is 0 Å². The summed E-state index contributed by atoms with van der Waals surface area (Å²) in [5.41, 5.74) is 0.337. The van der Waals surface area contributed by atoms with Gasteiger partial charge in [0, 0.05) is 19.1 Å². The fourth-order valence-corrected chi connectivity index (χ4v) is 4.50. The first-order valence-electron chi connectivity index (χ1n) is 9.98. The van der Waals surface area contributed by atoms with Crippen LogP contribution >= 0.6 is 0 Å². The molecule has 4 rings (SSSR count). The number of furan rings is 1.